The Morgan fingerprint density at radius 1 is 1.21 bits per heavy atom. The van der Waals surface area contributed by atoms with Crippen LogP contribution in [-0.2, 0) is 0 Å². The Morgan fingerprint density at radius 2 is 1.84 bits per heavy atom. The Labute approximate surface area is 113 Å². The SMILES string of the molecule is NC(=O)c1ccc(OCCN2CC3CCC3C2)cc1. The fourth-order valence-corrected chi connectivity index (χ4v) is 3.05. The number of fused-ring (bicyclic) bond motifs is 1. The van der Waals surface area contributed by atoms with Crippen LogP contribution in [0.15, 0.2) is 24.3 Å². The molecule has 2 atom stereocenters. The fourth-order valence-electron chi connectivity index (χ4n) is 3.05. The average Bonchev–Trinajstić information content (AvgIpc) is 2.66. The zero-order valence-electron chi connectivity index (χ0n) is 11.0. The highest BCUT2D eigenvalue weighted by atomic mass is 16.5. The van der Waals surface area contributed by atoms with Crippen LogP contribution in [0.1, 0.15) is 23.2 Å². The molecular weight excluding hydrogens is 240 g/mol. The molecule has 0 spiro atoms. The third-order valence-corrected chi connectivity index (χ3v) is 4.38. The molecule has 4 nitrogen and oxygen atoms in total. The predicted molar refractivity (Wildman–Crippen MR) is 73.1 cm³/mol. The molecule has 1 aliphatic carbocycles. The minimum atomic E-state index is -0.404. The lowest BCUT2D eigenvalue weighted by Gasteiger charge is -2.28. The van der Waals surface area contributed by atoms with Gasteiger partial charge in [0.2, 0.25) is 5.91 Å². The summed E-state index contributed by atoms with van der Waals surface area (Å²) in [6.07, 6.45) is 2.83. The van der Waals surface area contributed by atoms with Crippen LogP contribution in [0.4, 0.5) is 0 Å². The van der Waals surface area contributed by atoms with Crippen LogP contribution in [-0.4, -0.2) is 37.0 Å². The number of amides is 1. The molecule has 2 aliphatic rings. The fraction of sp³-hybridized carbons (Fsp3) is 0.533. The van der Waals surface area contributed by atoms with Crippen molar-refractivity contribution in [3.8, 4) is 5.75 Å². The molecule has 0 aromatic heterocycles. The minimum absolute atomic E-state index is 0.404. The highest BCUT2D eigenvalue weighted by Crippen LogP contribution is 2.40. The molecule has 102 valence electrons. The third-order valence-electron chi connectivity index (χ3n) is 4.38. The number of nitrogens with zero attached hydrogens (tertiary/aromatic N) is 1. The van der Waals surface area contributed by atoms with Crippen molar-refractivity contribution in [2.24, 2.45) is 17.6 Å². The lowest BCUT2D eigenvalue weighted by molar-refractivity contribution is 0.100. The number of likely N-dealkylation sites (tertiary alicyclic amines) is 1. The normalized spacial score (nSPS) is 25.7. The number of primary amides is 1. The Balaban J connectivity index is 1.43. The lowest BCUT2D eigenvalue weighted by Crippen LogP contribution is -2.26. The summed E-state index contributed by atoms with van der Waals surface area (Å²) >= 11 is 0. The predicted octanol–water partition coefficient (Wildman–Crippen LogP) is 1.51. The Bertz CT molecular complexity index is 446. The van der Waals surface area contributed by atoms with Gasteiger partial charge in [-0.05, 0) is 48.9 Å². The highest BCUT2D eigenvalue weighted by molar-refractivity contribution is 5.92. The molecule has 3 rings (SSSR count). The molecular formula is C15H20N2O2. The number of ether oxygens (including phenoxy) is 1. The summed E-state index contributed by atoms with van der Waals surface area (Å²) in [5.41, 5.74) is 5.71. The molecule has 2 N–H and O–H groups in total. The van der Waals surface area contributed by atoms with E-state index in [9.17, 15) is 4.79 Å². The van der Waals surface area contributed by atoms with Crippen molar-refractivity contribution in [3.05, 3.63) is 29.8 Å². The van der Waals surface area contributed by atoms with Gasteiger partial charge in [-0.15, -0.1) is 0 Å². The molecule has 1 aliphatic heterocycles. The highest BCUT2D eigenvalue weighted by Gasteiger charge is 2.38. The van der Waals surface area contributed by atoms with Crippen LogP contribution in [0, 0.1) is 11.8 Å². The standard InChI is InChI=1S/C15H20N2O2/c16-15(18)11-3-5-14(6-4-11)19-8-7-17-9-12-1-2-13(12)10-17/h3-6,12-13H,1-2,7-10H2,(H2,16,18). The first kappa shape index (κ1) is 12.5. The zero-order chi connectivity index (χ0) is 13.2. The van der Waals surface area contributed by atoms with E-state index in [1.807, 2.05) is 0 Å². The van der Waals surface area contributed by atoms with Crippen molar-refractivity contribution in [1.29, 1.82) is 0 Å². The van der Waals surface area contributed by atoms with E-state index in [0.29, 0.717) is 12.2 Å². The molecule has 1 saturated heterocycles. The van der Waals surface area contributed by atoms with E-state index in [1.54, 1.807) is 24.3 Å². The summed E-state index contributed by atoms with van der Waals surface area (Å²) in [7, 11) is 0. The number of nitrogens with two attached hydrogens (primary N) is 1. The summed E-state index contributed by atoms with van der Waals surface area (Å²) < 4.78 is 5.70. The molecule has 4 heteroatoms. The van der Waals surface area contributed by atoms with E-state index in [4.69, 9.17) is 10.5 Å². The van der Waals surface area contributed by atoms with Gasteiger partial charge >= 0.3 is 0 Å². The van der Waals surface area contributed by atoms with E-state index >= 15 is 0 Å². The number of hydrogen-bond acceptors (Lipinski definition) is 3. The molecule has 0 bridgehead atoms. The Hall–Kier alpha value is -1.55. The first-order valence-corrected chi connectivity index (χ1v) is 6.97. The second-order valence-electron chi connectivity index (χ2n) is 5.59. The average molecular weight is 260 g/mol. The molecule has 1 amide bonds. The van der Waals surface area contributed by atoms with E-state index in [-0.39, 0.29) is 0 Å². The van der Waals surface area contributed by atoms with Crippen molar-refractivity contribution in [3.63, 3.8) is 0 Å². The van der Waals surface area contributed by atoms with E-state index in [0.717, 1.165) is 24.1 Å². The van der Waals surface area contributed by atoms with Crippen molar-refractivity contribution in [2.75, 3.05) is 26.2 Å². The van der Waals surface area contributed by atoms with Gasteiger partial charge in [0.05, 0.1) is 0 Å². The molecule has 2 fully saturated rings. The van der Waals surface area contributed by atoms with Gasteiger partial charge < -0.3 is 10.5 Å². The van der Waals surface area contributed by atoms with Gasteiger partial charge in [-0.3, -0.25) is 9.69 Å². The monoisotopic (exact) mass is 260 g/mol. The van der Waals surface area contributed by atoms with Crippen LogP contribution >= 0.6 is 0 Å². The molecule has 19 heavy (non-hydrogen) atoms. The summed E-state index contributed by atoms with van der Waals surface area (Å²) in [5, 5.41) is 0. The van der Waals surface area contributed by atoms with Crippen molar-refractivity contribution in [2.45, 2.75) is 12.8 Å². The van der Waals surface area contributed by atoms with Crippen LogP contribution < -0.4 is 10.5 Å². The van der Waals surface area contributed by atoms with Crippen molar-refractivity contribution < 1.29 is 9.53 Å². The second kappa shape index (κ2) is 5.21. The van der Waals surface area contributed by atoms with E-state index in [1.165, 1.54) is 25.9 Å². The maximum absolute atomic E-state index is 10.9. The molecule has 1 saturated carbocycles. The van der Waals surface area contributed by atoms with Crippen molar-refractivity contribution >= 4 is 5.91 Å². The maximum Gasteiger partial charge on any atom is 0.248 e. The topological polar surface area (TPSA) is 55.6 Å². The summed E-state index contributed by atoms with van der Waals surface area (Å²) in [6, 6.07) is 7.00. The third kappa shape index (κ3) is 2.73. The first-order chi connectivity index (χ1) is 9.22. The van der Waals surface area contributed by atoms with E-state index < -0.39 is 5.91 Å². The number of rotatable bonds is 5. The molecule has 0 radical (unpaired) electrons. The number of carbonyl (C=O) groups excluding carboxylic acids is 1. The Kier molecular flexibility index (Phi) is 3.42. The molecule has 1 heterocycles. The van der Waals surface area contributed by atoms with E-state index in [2.05, 4.69) is 4.90 Å². The summed E-state index contributed by atoms with van der Waals surface area (Å²) in [6.45, 7) is 4.18. The van der Waals surface area contributed by atoms with Crippen molar-refractivity contribution in [1.82, 2.24) is 4.90 Å². The van der Waals surface area contributed by atoms with Gasteiger partial charge in [-0.2, -0.15) is 0 Å². The van der Waals surface area contributed by atoms with Crippen LogP contribution in [0.5, 0.6) is 5.75 Å². The molecule has 1 aromatic rings. The smallest absolute Gasteiger partial charge is 0.248 e. The van der Waals surface area contributed by atoms with Gasteiger partial charge in [-0.25, -0.2) is 0 Å². The van der Waals surface area contributed by atoms with Gasteiger partial charge in [0.1, 0.15) is 12.4 Å². The van der Waals surface area contributed by atoms with Gasteiger partial charge in [0.25, 0.3) is 0 Å². The molecule has 1 aromatic carbocycles. The number of carbonyl (C=O) groups is 1. The Morgan fingerprint density at radius 3 is 2.37 bits per heavy atom. The van der Waals surface area contributed by atoms with Crippen LogP contribution in [0.25, 0.3) is 0 Å². The van der Waals surface area contributed by atoms with Crippen LogP contribution in [0.3, 0.4) is 0 Å². The summed E-state index contributed by atoms with van der Waals surface area (Å²) in [5.74, 6) is 2.30. The van der Waals surface area contributed by atoms with Gasteiger partial charge in [0.15, 0.2) is 0 Å². The van der Waals surface area contributed by atoms with Gasteiger partial charge in [-0.1, -0.05) is 0 Å². The van der Waals surface area contributed by atoms with Gasteiger partial charge in [0, 0.05) is 25.2 Å². The maximum atomic E-state index is 10.9. The summed E-state index contributed by atoms with van der Waals surface area (Å²) in [4.78, 5) is 13.4. The lowest BCUT2D eigenvalue weighted by atomic mass is 9.77. The van der Waals surface area contributed by atoms with Crippen LogP contribution in [0.2, 0.25) is 0 Å². The zero-order valence-corrected chi connectivity index (χ0v) is 11.0. The molecule has 2 unspecified atom stereocenters. The minimum Gasteiger partial charge on any atom is -0.492 e. The second-order valence-corrected chi connectivity index (χ2v) is 5.59. The largest absolute Gasteiger partial charge is 0.492 e. The quantitative estimate of drug-likeness (QED) is 0.873. The number of hydrogen-bond donors (Lipinski definition) is 1. The first-order valence-electron chi connectivity index (χ1n) is 6.97. The number of benzene rings is 1.